The molecule has 3 atom stereocenters. The SMILES string of the molecule is CCCC(CCC)N(C(=O)CN1CC(c2ccc3c(c2)OCO3)[C@H](C(=O)O)[C@H]1CCc1ncco1)c1ccc(F)c(C)c1. The van der Waals surface area contributed by atoms with Gasteiger partial charge in [-0.1, -0.05) is 32.8 Å². The van der Waals surface area contributed by atoms with Gasteiger partial charge in [-0.3, -0.25) is 14.5 Å². The molecule has 5 rings (SSSR count). The summed E-state index contributed by atoms with van der Waals surface area (Å²) in [6.07, 6.45) is 7.36. The second-order valence-electron chi connectivity index (χ2n) is 11.5. The molecule has 9 nitrogen and oxygen atoms in total. The number of ether oxygens (including phenoxy) is 2. The van der Waals surface area contributed by atoms with Crippen molar-refractivity contribution in [1.29, 1.82) is 0 Å². The molecule has 1 amide bonds. The van der Waals surface area contributed by atoms with E-state index < -0.39 is 17.9 Å². The van der Waals surface area contributed by atoms with Crippen LogP contribution in [0.5, 0.6) is 11.5 Å². The second kappa shape index (κ2) is 13.6. The minimum atomic E-state index is -0.920. The number of carbonyl (C=O) groups excluding carboxylic acids is 1. The number of amides is 1. The van der Waals surface area contributed by atoms with Gasteiger partial charge in [-0.05, 0) is 67.6 Å². The van der Waals surface area contributed by atoms with Crippen LogP contribution in [-0.4, -0.2) is 58.8 Å². The molecule has 2 aliphatic heterocycles. The average molecular weight is 594 g/mol. The zero-order valence-electron chi connectivity index (χ0n) is 25.0. The number of oxazole rings is 1. The summed E-state index contributed by atoms with van der Waals surface area (Å²) in [7, 11) is 0. The van der Waals surface area contributed by atoms with E-state index in [0.717, 1.165) is 31.2 Å². The van der Waals surface area contributed by atoms with Gasteiger partial charge < -0.3 is 23.9 Å². The van der Waals surface area contributed by atoms with Gasteiger partial charge in [-0.15, -0.1) is 0 Å². The Hall–Kier alpha value is -3.92. The van der Waals surface area contributed by atoms with E-state index in [1.54, 1.807) is 25.3 Å². The topological polar surface area (TPSA) is 105 Å². The highest BCUT2D eigenvalue weighted by Crippen LogP contribution is 2.43. The van der Waals surface area contributed by atoms with Crippen molar-refractivity contribution in [2.75, 3.05) is 24.8 Å². The Kier molecular flexibility index (Phi) is 9.65. The summed E-state index contributed by atoms with van der Waals surface area (Å²) >= 11 is 0. The number of carboxylic acid groups (broad SMARTS) is 1. The molecule has 2 aliphatic rings. The predicted octanol–water partition coefficient (Wildman–Crippen LogP) is 5.95. The molecule has 230 valence electrons. The maximum atomic E-state index is 14.3. The van der Waals surface area contributed by atoms with Gasteiger partial charge in [0.1, 0.15) is 12.1 Å². The van der Waals surface area contributed by atoms with Crippen molar-refractivity contribution < 1.29 is 33.0 Å². The third kappa shape index (κ3) is 6.69. The standard InChI is InChI=1S/C33H40FN3O6/c1-4-6-23(7-5-2)37(24-9-10-26(34)21(3)16-24)31(38)19-36-18-25(22-8-12-28-29(17-22)43-20-42-28)32(33(39)40)27(36)11-13-30-35-14-15-41-30/h8-10,12,14-17,23,25,27,32H,4-7,11,13,18-20H2,1-3H3,(H,39,40)/t25?,27-,32+/m1/s1. The van der Waals surface area contributed by atoms with Crippen LogP contribution in [-0.2, 0) is 16.0 Å². The lowest BCUT2D eigenvalue weighted by Crippen LogP contribution is -2.48. The number of aromatic nitrogens is 1. The lowest BCUT2D eigenvalue weighted by atomic mass is 9.83. The number of aliphatic carboxylic acids is 1. The van der Waals surface area contributed by atoms with E-state index in [1.165, 1.54) is 12.3 Å². The normalized spacial score (nSPS) is 19.7. The van der Waals surface area contributed by atoms with Crippen molar-refractivity contribution in [3.8, 4) is 11.5 Å². The Morgan fingerprint density at radius 1 is 1.12 bits per heavy atom. The van der Waals surface area contributed by atoms with Crippen LogP contribution in [0.15, 0.2) is 53.3 Å². The Labute approximate surface area is 251 Å². The van der Waals surface area contributed by atoms with E-state index >= 15 is 0 Å². The number of anilines is 1. The molecular formula is C33H40FN3O6. The summed E-state index contributed by atoms with van der Waals surface area (Å²) in [5.41, 5.74) is 1.96. The molecule has 0 aliphatic carbocycles. The first-order valence-electron chi connectivity index (χ1n) is 15.1. The first-order chi connectivity index (χ1) is 20.8. The number of fused-ring (bicyclic) bond motifs is 1. The van der Waals surface area contributed by atoms with Crippen LogP contribution >= 0.6 is 0 Å². The molecule has 0 saturated carbocycles. The van der Waals surface area contributed by atoms with Gasteiger partial charge in [0, 0.05) is 36.7 Å². The van der Waals surface area contributed by atoms with Crippen LogP contribution in [0, 0.1) is 18.7 Å². The van der Waals surface area contributed by atoms with Crippen molar-refractivity contribution in [3.63, 3.8) is 0 Å². The van der Waals surface area contributed by atoms with Crippen molar-refractivity contribution >= 4 is 17.6 Å². The molecule has 0 radical (unpaired) electrons. The van der Waals surface area contributed by atoms with E-state index in [1.807, 2.05) is 28.0 Å². The molecule has 43 heavy (non-hydrogen) atoms. The number of aryl methyl sites for hydroxylation is 2. The minimum absolute atomic E-state index is 0.0292. The predicted molar refractivity (Wildman–Crippen MR) is 159 cm³/mol. The second-order valence-corrected chi connectivity index (χ2v) is 11.5. The lowest BCUT2D eigenvalue weighted by molar-refractivity contribution is -0.143. The smallest absolute Gasteiger partial charge is 0.308 e. The van der Waals surface area contributed by atoms with Crippen LogP contribution in [0.4, 0.5) is 10.1 Å². The number of likely N-dealkylation sites (tertiary alicyclic amines) is 1. The number of nitrogens with zero attached hydrogens (tertiary/aromatic N) is 3. The molecule has 1 saturated heterocycles. The summed E-state index contributed by atoms with van der Waals surface area (Å²) in [4.78, 5) is 35.2. The molecule has 1 N–H and O–H groups in total. The van der Waals surface area contributed by atoms with E-state index in [4.69, 9.17) is 13.9 Å². The molecule has 1 fully saturated rings. The molecule has 1 aromatic heterocycles. The Balaban J connectivity index is 1.48. The molecule has 0 bridgehead atoms. The van der Waals surface area contributed by atoms with Gasteiger partial charge in [0.05, 0.1) is 18.7 Å². The highest BCUT2D eigenvalue weighted by molar-refractivity contribution is 5.95. The fourth-order valence-corrected chi connectivity index (χ4v) is 6.64. The summed E-state index contributed by atoms with van der Waals surface area (Å²) in [5.74, 6) is -0.774. The number of hydrogen-bond donors (Lipinski definition) is 1. The molecule has 10 heteroatoms. The zero-order valence-corrected chi connectivity index (χ0v) is 25.0. The van der Waals surface area contributed by atoms with Gasteiger partial charge in [0.15, 0.2) is 17.4 Å². The van der Waals surface area contributed by atoms with Crippen LogP contribution in [0.3, 0.4) is 0 Å². The Morgan fingerprint density at radius 2 is 1.88 bits per heavy atom. The van der Waals surface area contributed by atoms with Gasteiger partial charge >= 0.3 is 5.97 Å². The Morgan fingerprint density at radius 3 is 2.56 bits per heavy atom. The highest BCUT2D eigenvalue weighted by Gasteiger charge is 2.47. The van der Waals surface area contributed by atoms with E-state index in [-0.39, 0.29) is 37.0 Å². The number of carboxylic acids is 1. The Bertz CT molecular complexity index is 1410. The van der Waals surface area contributed by atoms with Crippen LogP contribution in [0.25, 0.3) is 0 Å². The summed E-state index contributed by atoms with van der Waals surface area (Å²) in [5, 5.41) is 10.5. The molecule has 0 spiro atoms. The van der Waals surface area contributed by atoms with E-state index in [0.29, 0.717) is 48.0 Å². The van der Waals surface area contributed by atoms with Crippen LogP contribution in [0.1, 0.15) is 68.9 Å². The van der Waals surface area contributed by atoms with Crippen molar-refractivity contribution in [2.24, 2.45) is 5.92 Å². The van der Waals surface area contributed by atoms with Crippen LogP contribution in [0.2, 0.25) is 0 Å². The first kappa shape index (κ1) is 30.5. The lowest BCUT2D eigenvalue weighted by Gasteiger charge is -2.35. The van der Waals surface area contributed by atoms with Crippen molar-refractivity contribution in [2.45, 2.75) is 77.3 Å². The summed E-state index contributed by atoms with van der Waals surface area (Å²) in [6, 6.07) is 9.85. The number of halogens is 1. The van der Waals surface area contributed by atoms with Gasteiger partial charge in [0.25, 0.3) is 0 Å². The highest BCUT2D eigenvalue weighted by atomic mass is 19.1. The average Bonchev–Trinajstić information content (AvgIpc) is 3.74. The number of carbonyl (C=O) groups is 2. The largest absolute Gasteiger partial charge is 0.481 e. The van der Waals surface area contributed by atoms with E-state index in [2.05, 4.69) is 18.8 Å². The third-order valence-corrected chi connectivity index (χ3v) is 8.63. The fraction of sp³-hybridized carbons (Fsp3) is 0.485. The summed E-state index contributed by atoms with van der Waals surface area (Å²) in [6.45, 7) is 6.41. The van der Waals surface area contributed by atoms with Gasteiger partial charge in [-0.25, -0.2) is 9.37 Å². The molecule has 2 aromatic carbocycles. The number of benzene rings is 2. The fourth-order valence-electron chi connectivity index (χ4n) is 6.64. The van der Waals surface area contributed by atoms with Crippen LogP contribution < -0.4 is 14.4 Å². The molecule has 3 aromatic rings. The number of hydrogen-bond acceptors (Lipinski definition) is 7. The summed E-state index contributed by atoms with van der Waals surface area (Å²) < 4.78 is 30.8. The zero-order chi connectivity index (χ0) is 30.5. The maximum Gasteiger partial charge on any atom is 0.308 e. The maximum absolute atomic E-state index is 14.3. The monoisotopic (exact) mass is 593 g/mol. The van der Waals surface area contributed by atoms with Crippen molar-refractivity contribution in [1.82, 2.24) is 9.88 Å². The van der Waals surface area contributed by atoms with E-state index in [9.17, 15) is 19.1 Å². The third-order valence-electron chi connectivity index (χ3n) is 8.63. The quantitative estimate of drug-likeness (QED) is 0.259. The molecule has 1 unspecified atom stereocenters. The van der Waals surface area contributed by atoms with Gasteiger partial charge in [0.2, 0.25) is 12.7 Å². The number of rotatable bonds is 13. The molecular weight excluding hydrogens is 553 g/mol. The van der Waals surface area contributed by atoms with Crippen molar-refractivity contribution in [3.05, 3.63) is 71.7 Å². The van der Waals surface area contributed by atoms with Gasteiger partial charge in [-0.2, -0.15) is 0 Å². The first-order valence-corrected chi connectivity index (χ1v) is 15.1. The molecule has 3 heterocycles. The minimum Gasteiger partial charge on any atom is -0.481 e.